The summed E-state index contributed by atoms with van der Waals surface area (Å²) in [6, 6.07) is 10.0. The first-order chi connectivity index (χ1) is 9.66. The number of hydrogen-bond donors (Lipinski definition) is 0. The molecule has 0 heterocycles. The van der Waals surface area contributed by atoms with Gasteiger partial charge in [0.15, 0.2) is 0 Å². The van der Waals surface area contributed by atoms with Gasteiger partial charge in [0, 0.05) is 0 Å². The first-order valence-electron chi connectivity index (χ1n) is 7.42. The summed E-state index contributed by atoms with van der Waals surface area (Å²) in [6.45, 7) is 19.5. The van der Waals surface area contributed by atoms with Crippen molar-refractivity contribution in [3.8, 4) is 0 Å². The maximum Gasteiger partial charge on any atom is -0.172 e. The van der Waals surface area contributed by atoms with Crippen molar-refractivity contribution < 1.29 is 17.0 Å². The zero-order chi connectivity index (χ0) is 18.2. The SMILES string of the molecule is CC(C)(C)P(=[N-])(C(C)(C)C)C(C)(C)C.[Cl][Ti][Cl].c1cc[cH-]c1. The number of halogens is 2. The molecule has 0 aliphatic carbocycles. The van der Waals surface area contributed by atoms with E-state index in [-0.39, 0.29) is 15.5 Å². The van der Waals surface area contributed by atoms with Crippen molar-refractivity contribution in [1.29, 1.82) is 0 Å². The second-order valence-corrected chi connectivity index (χ2v) is 16.1. The van der Waals surface area contributed by atoms with Crippen molar-refractivity contribution in [2.45, 2.75) is 77.8 Å². The van der Waals surface area contributed by atoms with Crippen LogP contribution in [0.1, 0.15) is 62.3 Å². The number of hydrogen-bond acceptors (Lipinski definition) is 0. The smallest absolute Gasteiger partial charge is 0.172 e. The van der Waals surface area contributed by atoms with Crippen molar-refractivity contribution in [1.82, 2.24) is 0 Å². The van der Waals surface area contributed by atoms with Crippen LogP contribution in [0.4, 0.5) is 0 Å². The molecule has 0 fully saturated rings. The quantitative estimate of drug-likeness (QED) is 0.240. The van der Waals surface area contributed by atoms with Gasteiger partial charge in [0.25, 0.3) is 0 Å². The molecule has 0 N–H and O–H groups in total. The van der Waals surface area contributed by atoms with Gasteiger partial charge in [0.05, 0.1) is 0 Å². The van der Waals surface area contributed by atoms with Gasteiger partial charge in [-0.15, -0.1) is 0 Å². The Morgan fingerprint density at radius 2 is 1.00 bits per heavy atom. The molecule has 0 saturated carbocycles. The van der Waals surface area contributed by atoms with Gasteiger partial charge in [-0.2, -0.15) is 18.2 Å². The molecule has 0 aromatic heterocycles. The molecular weight excluding hydrogens is 368 g/mol. The van der Waals surface area contributed by atoms with E-state index in [1.165, 1.54) is 0 Å². The van der Waals surface area contributed by atoms with E-state index in [0.717, 1.165) is 0 Å². The molecule has 0 bridgehead atoms. The minimum Gasteiger partial charge on any atom is -0.214 e. The molecule has 5 heteroatoms. The molecule has 130 valence electrons. The van der Waals surface area contributed by atoms with Crippen molar-refractivity contribution >= 4 is 25.7 Å². The summed E-state index contributed by atoms with van der Waals surface area (Å²) in [5.41, 5.74) is 0. The average Bonchev–Trinajstić information content (AvgIpc) is 2.82. The molecule has 22 heavy (non-hydrogen) atoms. The van der Waals surface area contributed by atoms with Crippen LogP contribution in [-0.4, -0.2) is 15.5 Å². The molecule has 0 atom stereocenters. The van der Waals surface area contributed by atoms with E-state index in [2.05, 4.69) is 62.3 Å². The van der Waals surface area contributed by atoms with Gasteiger partial charge in [-0.1, -0.05) is 62.3 Å². The molecule has 0 radical (unpaired) electrons. The Morgan fingerprint density at radius 1 is 0.773 bits per heavy atom. The fourth-order valence-electron chi connectivity index (χ4n) is 3.34. The van der Waals surface area contributed by atoms with E-state index >= 15 is 0 Å². The second-order valence-electron chi connectivity index (χ2n) is 8.18. The summed E-state index contributed by atoms with van der Waals surface area (Å²) in [4.78, 5) is 0. The van der Waals surface area contributed by atoms with Crippen LogP contribution in [0.15, 0.2) is 30.3 Å². The number of rotatable bonds is 0. The Hall–Kier alpha value is 0.874. The van der Waals surface area contributed by atoms with Crippen LogP contribution in [0.25, 0.3) is 5.16 Å². The van der Waals surface area contributed by atoms with Crippen molar-refractivity contribution in [3.05, 3.63) is 35.5 Å². The zero-order valence-corrected chi connectivity index (χ0v) is 19.5. The Kier molecular flexibility index (Phi) is 11.4. The van der Waals surface area contributed by atoms with Crippen LogP contribution in [0.3, 0.4) is 0 Å². The minimum atomic E-state index is -2.02. The van der Waals surface area contributed by atoms with E-state index in [1.54, 1.807) is 0 Å². The summed E-state index contributed by atoms with van der Waals surface area (Å²) < 4.78 is 0. The first-order valence-corrected chi connectivity index (χ1v) is 13.5. The third-order valence-electron chi connectivity index (χ3n) is 3.47. The molecule has 0 spiro atoms. The van der Waals surface area contributed by atoms with Crippen LogP contribution in [0.2, 0.25) is 0 Å². The molecular formula is C17H32Cl2NPTi-2. The van der Waals surface area contributed by atoms with E-state index in [1.807, 2.05) is 30.3 Å². The van der Waals surface area contributed by atoms with E-state index < -0.39 is 24.1 Å². The first kappa shape index (κ1) is 25.1. The van der Waals surface area contributed by atoms with Crippen molar-refractivity contribution in [3.63, 3.8) is 0 Å². The van der Waals surface area contributed by atoms with Crippen LogP contribution in [0.5, 0.6) is 0 Å². The molecule has 0 amide bonds. The summed E-state index contributed by atoms with van der Waals surface area (Å²) in [7, 11) is 7.76. The summed E-state index contributed by atoms with van der Waals surface area (Å²) >= 11 is -0.556. The predicted octanol–water partition coefficient (Wildman–Crippen LogP) is 7.93. The molecule has 0 aliphatic heterocycles. The molecule has 1 rings (SSSR count). The summed E-state index contributed by atoms with van der Waals surface area (Å²) in [5, 5.41) is 11.1. The topological polar surface area (TPSA) is 22.3 Å². The Bertz CT molecular complexity index is 363. The fourth-order valence-corrected chi connectivity index (χ4v) is 9.38. The molecule has 0 aliphatic rings. The Balaban J connectivity index is 0. The normalized spacial score (nSPS) is 12.5. The van der Waals surface area contributed by atoms with Gasteiger partial charge in [-0.3, -0.25) is 0 Å². The molecule has 0 unspecified atom stereocenters. The Morgan fingerprint density at radius 3 is 1.05 bits per heavy atom. The van der Waals surface area contributed by atoms with Gasteiger partial charge in [0.2, 0.25) is 0 Å². The maximum absolute atomic E-state index is 11.1. The van der Waals surface area contributed by atoms with Crippen LogP contribution < -0.4 is 0 Å². The van der Waals surface area contributed by atoms with E-state index in [4.69, 9.17) is 18.6 Å². The van der Waals surface area contributed by atoms with E-state index in [0.29, 0.717) is 0 Å². The molecule has 0 saturated heterocycles. The third kappa shape index (κ3) is 7.63. The third-order valence-corrected chi connectivity index (χ3v) is 9.29. The number of nitrogens with zero attached hydrogens (tertiary/aromatic N) is 1. The monoisotopic (exact) mass is 399 g/mol. The molecule has 1 aromatic rings. The van der Waals surface area contributed by atoms with Gasteiger partial charge < -0.3 is 5.16 Å². The van der Waals surface area contributed by atoms with E-state index in [9.17, 15) is 5.16 Å². The summed E-state index contributed by atoms with van der Waals surface area (Å²) in [6.07, 6.45) is 0. The minimum absolute atomic E-state index is 0.0104. The zero-order valence-electron chi connectivity index (χ0n) is 15.5. The predicted molar refractivity (Wildman–Crippen MR) is 103 cm³/mol. The Labute approximate surface area is 155 Å². The van der Waals surface area contributed by atoms with Gasteiger partial charge >= 0.3 is 35.6 Å². The van der Waals surface area contributed by atoms with Gasteiger partial charge in [0.1, 0.15) is 0 Å². The van der Waals surface area contributed by atoms with Crippen molar-refractivity contribution in [2.24, 2.45) is 0 Å². The van der Waals surface area contributed by atoms with Crippen LogP contribution >= 0.6 is 25.7 Å². The fraction of sp³-hybridized carbons (Fsp3) is 0.706. The van der Waals surface area contributed by atoms with Crippen molar-refractivity contribution in [2.75, 3.05) is 0 Å². The van der Waals surface area contributed by atoms with Crippen LogP contribution in [-0.2, 0) is 17.0 Å². The standard InChI is InChI=1S/C12H27NP.C5H5.2ClH.Ti/c1-10(2,3)14(13,11(4,5)6)12(7,8)9;1-2-4-5-3-1;;;/h1-9H3;1-5H;2*1H;/q2*-1;;;+2/p-2. The largest absolute Gasteiger partial charge is 0.214 e. The summed E-state index contributed by atoms with van der Waals surface area (Å²) in [5.74, 6) is 0. The molecule has 1 aromatic carbocycles. The maximum atomic E-state index is 11.1. The average molecular weight is 400 g/mol. The van der Waals surface area contributed by atoms with Gasteiger partial charge in [-0.05, 0) is 15.5 Å². The van der Waals surface area contributed by atoms with Crippen LogP contribution in [0, 0.1) is 0 Å². The van der Waals surface area contributed by atoms with Gasteiger partial charge in [-0.25, -0.2) is 19.2 Å². The molecule has 1 nitrogen and oxygen atoms in total. The second kappa shape index (κ2) is 10.00.